The van der Waals surface area contributed by atoms with Gasteiger partial charge in [0, 0.05) is 0 Å². The van der Waals surface area contributed by atoms with E-state index in [2.05, 4.69) is 4.98 Å². The zero-order valence-electron chi connectivity index (χ0n) is 11.3. The standard InChI is InChI=1S/C15H11NO4S2/c17-12-7-3-1-5-10(12)13(18)9-22(19,20)15-16-11-6-2-4-8-14(11)21-15/h1-8,17H,9H2. The summed E-state index contributed by atoms with van der Waals surface area (Å²) >= 11 is 1.03. The van der Waals surface area contributed by atoms with Crippen molar-refractivity contribution in [3.05, 3.63) is 54.1 Å². The van der Waals surface area contributed by atoms with Crippen LogP contribution < -0.4 is 0 Å². The number of aromatic hydroxyl groups is 1. The van der Waals surface area contributed by atoms with Crippen molar-refractivity contribution in [3.63, 3.8) is 0 Å². The second kappa shape index (κ2) is 5.51. The Balaban J connectivity index is 1.93. The van der Waals surface area contributed by atoms with Gasteiger partial charge in [-0.05, 0) is 24.3 Å². The van der Waals surface area contributed by atoms with E-state index in [-0.39, 0.29) is 15.7 Å². The van der Waals surface area contributed by atoms with Crippen molar-refractivity contribution in [1.82, 2.24) is 4.98 Å². The molecule has 0 spiro atoms. The van der Waals surface area contributed by atoms with Gasteiger partial charge in [0.05, 0.1) is 15.8 Å². The number of Topliss-reactive ketones (excluding diaryl/α,β-unsaturated/α-hetero) is 1. The number of para-hydroxylation sites is 2. The molecule has 7 heteroatoms. The van der Waals surface area contributed by atoms with Gasteiger partial charge in [-0.3, -0.25) is 4.79 Å². The van der Waals surface area contributed by atoms with Crippen LogP contribution in [0.5, 0.6) is 5.75 Å². The topological polar surface area (TPSA) is 84.3 Å². The van der Waals surface area contributed by atoms with E-state index >= 15 is 0 Å². The molecule has 22 heavy (non-hydrogen) atoms. The average molecular weight is 333 g/mol. The van der Waals surface area contributed by atoms with E-state index in [1.165, 1.54) is 12.1 Å². The number of hydrogen-bond donors (Lipinski definition) is 1. The summed E-state index contributed by atoms with van der Waals surface area (Å²) in [7, 11) is -3.84. The first-order chi connectivity index (χ1) is 10.5. The molecule has 1 heterocycles. The van der Waals surface area contributed by atoms with Gasteiger partial charge in [0.1, 0.15) is 11.5 Å². The molecule has 0 aliphatic carbocycles. The summed E-state index contributed by atoms with van der Waals surface area (Å²) in [6, 6.07) is 12.9. The Morgan fingerprint density at radius 2 is 1.77 bits per heavy atom. The maximum Gasteiger partial charge on any atom is 0.212 e. The van der Waals surface area contributed by atoms with Gasteiger partial charge in [-0.25, -0.2) is 13.4 Å². The van der Waals surface area contributed by atoms with Crippen LogP contribution in [0, 0.1) is 0 Å². The smallest absolute Gasteiger partial charge is 0.212 e. The number of phenols is 1. The molecule has 0 radical (unpaired) electrons. The van der Waals surface area contributed by atoms with E-state index in [0.29, 0.717) is 5.52 Å². The summed E-state index contributed by atoms with van der Waals surface area (Å²) < 4.78 is 25.3. The molecule has 0 amide bonds. The summed E-state index contributed by atoms with van der Waals surface area (Å²) in [6.07, 6.45) is 0. The number of thiazole rings is 1. The first kappa shape index (κ1) is 14.7. The molecule has 0 aliphatic heterocycles. The van der Waals surface area contributed by atoms with Crippen molar-refractivity contribution in [2.24, 2.45) is 0 Å². The number of nitrogens with zero attached hydrogens (tertiary/aromatic N) is 1. The Kier molecular flexibility index (Phi) is 3.67. The molecular formula is C15H11NO4S2. The van der Waals surface area contributed by atoms with Gasteiger partial charge < -0.3 is 5.11 Å². The van der Waals surface area contributed by atoms with E-state index < -0.39 is 21.4 Å². The van der Waals surface area contributed by atoms with Crippen LogP contribution in [0.2, 0.25) is 0 Å². The molecule has 0 unspecified atom stereocenters. The molecule has 0 fully saturated rings. The lowest BCUT2D eigenvalue weighted by Crippen LogP contribution is -2.16. The Labute approximate surface area is 130 Å². The number of benzene rings is 2. The van der Waals surface area contributed by atoms with Crippen molar-refractivity contribution >= 4 is 37.2 Å². The monoisotopic (exact) mass is 333 g/mol. The quantitative estimate of drug-likeness (QED) is 0.742. The van der Waals surface area contributed by atoms with Crippen LogP contribution >= 0.6 is 11.3 Å². The van der Waals surface area contributed by atoms with Crippen LogP contribution in [0.4, 0.5) is 0 Å². The third-order valence-electron chi connectivity index (χ3n) is 3.07. The number of rotatable bonds is 4. The van der Waals surface area contributed by atoms with Gasteiger partial charge >= 0.3 is 0 Å². The van der Waals surface area contributed by atoms with Crippen LogP contribution in [0.25, 0.3) is 10.2 Å². The average Bonchev–Trinajstić information content (AvgIpc) is 2.92. The number of sulfone groups is 1. The lowest BCUT2D eigenvalue weighted by Gasteiger charge is -2.03. The second-order valence-corrected chi connectivity index (χ2v) is 7.84. The number of carbonyl (C=O) groups is 1. The molecule has 0 saturated carbocycles. The third kappa shape index (κ3) is 2.72. The van der Waals surface area contributed by atoms with E-state index in [1.807, 2.05) is 0 Å². The molecule has 3 rings (SSSR count). The number of hydrogen-bond acceptors (Lipinski definition) is 6. The number of phenolic OH excluding ortho intramolecular Hbond substituents is 1. The zero-order valence-corrected chi connectivity index (χ0v) is 12.9. The molecular weight excluding hydrogens is 322 g/mol. The summed E-state index contributed by atoms with van der Waals surface area (Å²) in [6.45, 7) is 0. The molecule has 112 valence electrons. The van der Waals surface area contributed by atoms with Crippen LogP contribution in [-0.4, -0.2) is 30.0 Å². The lowest BCUT2D eigenvalue weighted by atomic mass is 10.1. The highest BCUT2D eigenvalue weighted by Crippen LogP contribution is 2.26. The highest BCUT2D eigenvalue weighted by molar-refractivity contribution is 7.94. The predicted octanol–water partition coefficient (Wildman–Crippen LogP) is 2.66. The van der Waals surface area contributed by atoms with Crippen molar-refractivity contribution in [1.29, 1.82) is 0 Å². The van der Waals surface area contributed by atoms with Crippen molar-refractivity contribution < 1.29 is 18.3 Å². The predicted molar refractivity (Wildman–Crippen MR) is 84.1 cm³/mol. The van der Waals surface area contributed by atoms with E-state index in [0.717, 1.165) is 16.0 Å². The Morgan fingerprint density at radius 1 is 1.09 bits per heavy atom. The summed E-state index contributed by atoms with van der Waals surface area (Å²) in [5.74, 6) is -1.60. The highest BCUT2D eigenvalue weighted by atomic mass is 32.2. The number of aromatic nitrogens is 1. The Bertz CT molecular complexity index is 927. The summed E-state index contributed by atoms with van der Waals surface area (Å²) in [5, 5.41) is 9.63. The van der Waals surface area contributed by atoms with E-state index in [9.17, 15) is 18.3 Å². The minimum atomic E-state index is -3.84. The fourth-order valence-electron chi connectivity index (χ4n) is 2.01. The lowest BCUT2D eigenvalue weighted by molar-refractivity contribution is 0.101. The highest BCUT2D eigenvalue weighted by Gasteiger charge is 2.25. The maximum absolute atomic E-state index is 12.3. The first-order valence-corrected chi connectivity index (χ1v) is 8.84. The molecule has 0 saturated heterocycles. The summed E-state index contributed by atoms with van der Waals surface area (Å²) in [4.78, 5) is 16.2. The van der Waals surface area contributed by atoms with Crippen LogP contribution in [0.15, 0.2) is 52.9 Å². The van der Waals surface area contributed by atoms with Gasteiger partial charge in [-0.2, -0.15) is 0 Å². The minimum absolute atomic E-state index is 0.00724. The van der Waals surface area contributed by atoms with Gasteiger partial charge in [-0.15, -0.1) is 11.3 Å². The number of fused-ring (bicyclic) bond motifs is 1. The molecule has 0 bridgehead atoms. The minimum Gasteiger partial charge on any atom is -0.507 e. The second-order valence-electron chi connectivity index (χ2n) is 4.65. The zero-order chi connectivity index (χ0) is 15.7. The molecule has 3 aromatic rings. The van der Waals surface area contributed by atoms with Crippen LogP contribution in [0.3, 0.4) is 0 Å². The summed E-state index contributed by atoms with van der Waals surface area (Å²) in [5.41, 5.74) is 0.577. The maximum atomic E-state index is 12.3. The van der Waals surface area contributed by atoms with Crippen LogP contribution in [-0.2, 0) is 9.84 Å². The van der Waals surface area contributed by atoms with E-state index in [4.69, 9.17) is 0 Å². The SMILES string of the molecule is O=C(CS(=O)(=O)c1nc2ccccc2s1)c1ccccc1O. The molecule has 0 atom stereocenters. The first-order valence-electron chi connectivity index (χ1n) is 6.37. The van der Waals surface area contributed by atoms with Gasteiger partial charge in [-0.1, -0.05) is 24.3 Å². The Hall–Kier alpha value is -2.25. The van der Waals surface area contributed by atoms with E-state index in [1.54, 1.807) is 36.4 Å². The van der Waals surface area contributed by atoms with Gasteiger partial charge in [0.25, 0.3) is 0 Å². The van der Waals surface area contributed by atoms with Crippen molar-refractivity contribution in [3.8, 4) is 5.75 Å². The molecule has 5 nitrogen and oxygen atoms in total. The fraction of sp³-hybridized carbons (Fsp3) is 0.0667. The van der Waals surface area contributed by atoms with Crippen molar-refractivity contribution in [2.45, 2.75) is 4.34 Å². The molecule has 1 aromatic heterocycles. The number of carbonyl (C=O) groups excluding carboxylic acids is 1. The Morgan fingerprint density at radius 3 is 2.50 bits per heavy atom. The largest absolute Gasteiger partial charge is 0.507 e. The molecule has 1 N–H and O–H groups in total. The number of ketones is 1. The van der Waals surface area contributed by atoms with Gasteiger partial charge in [0.15, 0.2) is 5.78 Å². The fourth-order valence-corrected chi connectivity index (χ4v) is 4.52. The molecule has 0 aliphatic rings. The van der Waals surface area contributed by atoms with Crippen molar-refractivity contribution in [2.75, 3.05) is 5.75 Å². The normalized spacial score (nSPS) is 11.6. The molecule has 2 aromatic carbocycles. The van der Waals surface area contributed by atoms with Crippen LogP contribution in [0.1, 0.15) is 10.4 Å². The third-order valence-corrected chi connectivity index (χ3v) is 6.17. The van der Waals surface area contributed by atoms with Gasteiger partial charge in [0.2, 0.25) is 14.2 Å².